The number of halogens is 1. The van der Waals surface area contributed by atoms with Gasteiger partial charge in [-0.1, -0.05) is 6.92 Å². The van der Waals surface area contributed by atoms with Crippen LogP contribution in [0.3, 0.4) is 0 Å². The molecule has 2 heterocycles. The molecule has 1 aliphatic heterocycles. The van der Waals surface area contributed by atoms with E-state index < -0.39 is 0 Å². The summed E-state index contributed by atoms with van der Waals surface area (Å²) in [7, 11) is 0. The number of likely N-dealkylation sites (tertiary alicyclic amines) is 1. The number of hydrogen-bond acceptors (Lipinski definition) is 5. The summed E-state index contributed by atoms with van der Waals surface area (Å²) in [6, 6.07) is 16.7. The first kappa shape index (κ1) is 30.8. The second-order valence-corrected chi connectivity index (χ2v) is 12.4. The van der Waals surface area contributed by atoms with Crippen LogP contribution in [0.25, 0.3) is 10.9 Å². The number of ether oxygens (including phenoxy) is 2. The van der Waals surface area contributed by atoms with Gasteiger partial charge in [0, 0.05) is 55.5 Å². The zero-order chi connectivity index (χ0) is 31.3. The van der Waals surface area contributed by atoms with Gasteiger partial charge < -0.3 is 19.7 Å². The third kappa shape index (κ3) is 7.71. The average molecular weight is 613 g/mol. The monoisotopic (exact) mass is 612 g/mol. The average Bonchev–Trinajstić information content (AvgIpc) is 3.80. The van der Waals surface area contributed by atoms with Crippen LogP contribution >= 0.6 is 0 Å². The molecule has 1 aromatic heterocycles. The summed E-state index contributed by atoms with van der Waals surface area (Å²) in [6.07, 6.45) is 7.24. The highest BCUT2D eigenvalue weighted by atomic mass is 19.1. The molecule has 1 unspecified atom stereocenters. The molecule has 236 valence electrons. The Labute approximate surface area is 263 Å². The van der Waals surface area contributed by atoms with Crippen molar-refractivity contribution in [2.45, 2.75) is 58.6 Å². The summed E-state index contributed by atoms with van der Waals surface area (Å²) >= 11 is 0. The first-order chi connectivity index (χ1) is 21.9. The Morgan fingerprint density at radius 3 is 2.31 bits per heavy atom. The zero-order valence-corrected chi connectivity index (χ0v) is 26.0. The fourth-order valence-corrected chi connectivity index (χ4v) is 5.87. The minimum absolute atomic E-state index is 0.00720. The van der Waals surface area contributed by atoms with Crippen molar-refractivity contribution in [1.82, 2.24) is 20.0 Å². The maximum atomic E-state index is 13.2. The lowest BCUT2D eigenvalue weighted by Crippen LogP contribution is -2.39. The number of aromatic nitrogens is 2. The number of benzene rings is 3. The number of hydrogen-bond donors (Lipinski definition) is 1. The van der Waals surface area contributed by atoms with E-state index >= 15 is 0 Å². The van der Waals surface area contributed by atoms with E-state index in [0.29, 0.717) is 54.1 Å². The normalized spacial score (nSPS) is 16.1. The number of amides is 2. The highest BCUT2D eigenvalue weighted by molar-refractivity contribution is 6.00. The molecule has 9 heteroatoms. The summed E-state index contributed by atoms with van der Waals surface area (Å²) in [5.41, 5.74) is 3.09. The van der Waals surface area contributed by atoms with Gasteiger partial charge in [0.1, 0.15) is 17.3 Å². The minimum atomic E-state index is -0.318. The molecular formula is C36H41FN4O4. The number of nitrogens with one attached hydrogen (secondary N) is 1. The van der Waals surface area contributed by atoms with E-state index in [2.05, 4.69) is 12.2 Å². The first-order valence-corrected chi connectivity index (χ1v) is 16.1. The van der Waals surface area contributed by atoms with Crippen LogP contribution < -0.4 is 10.1 Å². The molecule has 1 aliphatic carbocycles. The number of aryl methyl sites for hydroxylation is 1. The summed E-state index contributed by atoms with van der Waals surface area (Å²) in [5, 5.41) is 8.86. The van der Waals surface area contributed by atoms with Gasteiger partial charge in [0.25, 0.3) is 11.8 Å². The van der Waals surface area contributed by atoms with Crippen LogP contribution in [0.1, 0.15) is 65.3 Å². The number of rotatable bonds is 12. The van der Waals surface area contributed by atoms with Crippen LogP contribution in [-0.4, -0.2) is 58.8 Å². The van der Waals surface area contributed by atoms with Gasteiger partial charge in [0.2, 0.25) is 0 Å². The molecule has 1 N–H and O–H groups in total. The molecule has 1 saturated carbocycles. The standard InChI is InChI=1S/C36H41FN4O4/c1-3-29(44-23-26-4-5-26)20-38-35(42)32-14-15-34-33(24(32)2)22-41(39-34)21-25-16-18-40(19-17-25)36(43)27-6-10-30(11-7-27)45-31-12-8-28(37)9-13-31/h6-15,22,25-26,29H,3-5,16-21,23H2,1-2H3,(H,38,42). The second-order valence-electron chi connectivity index (χ2n) is 12.4. The van der Waals surface area contributed by atoms with E-state index in [9.17, 15) is 14.0 Å². The van der Waals surface area contributed by atoms with E-state index in [-0.39, 0.29) is 23.7 Å². The summed E-state index contributed by atoms with van der Waals surface area (Å²) in [5.74, 6) is 1.84. The highest BCUT2D eigenvalue weighted by Crippen LogP contribution is 2.29. The SMILES string of the molecule is CCC(CNC(=O)c1ccc2nn(CC3CCN(C(=O)c4ccc(Oc5ccc(F)cc5)cc4)CC3)cc2c1C)OCC1CC1. The summed E-state index contributed by atoms with van der Waals surface area (Å²) in [6.45, 7) is 7.51. The first-order valence-electron chi connectivity index (χ1n) is 16.1. The summed E-state index contributed by atoms with van der Waals surface area (Å²) in [4.78, 5) is 28.1. The van der Waals surface area contributed by atoms with Gasteiger partial charge >= 0.3 is 0 Å². The van der Waals surface area contributed by atoms with Crippen LogP contribution in [0.15, 0.2) is 66.9 Å². The van der Waals surface area contributed by atoms with Crippen LogP contribution in [0.5, 0.6) is 11.5 Å². The van der Waals surface area contributed by atoms with Crippen molar-refractivity contribution < 1.29 is 23.5 Å². The van der Waals surface area contributed by atoms with Crippen LogP contribution in [0.4, 0.5) is 4.39 Å². The van der Waals surface area contributed by atoms with Gasteiger partial charge in [-0.25, -0.2) is 4.39 Å². The molecule has 3 aromatic carbocycles. The Balaban J connectivity index is 0.999. The fraction of sp³-hybridized carbons (Fsp3) is 0.417. The van der Waals surface area contributed by atoms with Crippen molar-refractivity contribution >= 4 is 22.7 Å². The van der Waals surface area contributed by atoms with Crippen molar-refractivity contribution in [3.8, 4) is 11.5 Å². The Bertz CT molecular complexity index is 1620. The molecule has 45 heavy (non-hydrogen) atoms. The topological polar surface area (TPSA) is 85.7 Å². The van der Waals surface area contributed by atoms with Crippen molar-refractivity contribution in [2.75, 3.05) is 26.2 Å². The van der Waals surface area contributed by atoms with E-state index in [4.69, 9.17) is 14.6 Å². The Morgan fingerprint density at radius 1 is 0.956 bits per heavy atom. The van der Waals surface area contributed by atoms with E-state index in [1.165, 1.54) is 25.0 Å². The van der Waals surface area contributed by atoms with Crippen molar-refractivity contribution in [3.05, 3.63) is 89.4 Å². The van der Waals surface area contributed by atoms with Gasteiger partial charge in [-0.05, 0) is 117 Å². The minimum Gasteiger partial charge on any atom is -0.457 e. The molecule has 0 radical (unpaired) electrons. The number of carbonyl (C=O) groups is 2. The lowest BCUT2D eigenvalue weighted by atomic mass is 9.96. The molecule has 2 fully saturated rings. The third-order valence-electron chi connectivity index (χ3n) is 8.96. The van der Waals surface area contributed by atoms with E-state index in [1.54, 1.807) is 36.4 Å². The number of nitrogens with zero attached hydrogens (tertiary/aromatic N) is 3. The maximum Gasteiger partial charge on any atom is 0.253 e. The highest BCUT2D eigenvalue weighted by Gasteiger charge is 2.25. The molecule has 4 aromatic rings. The summed E-state index contributed by atoms with van der Waals surface area (Å²) < 4.78 is 26.9. The van der Waals surface area contributed by atoms with Crippen molar-refractivity contribution in [2.24, 2.45) is 11.8 Å². The van der Waals surface area contributed by atoms with Crippen LogP contribution in [0, 0.1) is 24.6 Å². The molecule has 1 atom stereocenters. The zero-order valence-electron chi connectivity index (χ0n) is 26.0. The number of carbonyl (C=O) groups excluding carboxylic acids is 2. The molecular weight excluding hydrogens is 571 g/mol. The smallest absolute Gasteiger partial charge is 0.253 e. The predicted molar refractivity (Wildman–Crippen MR) is 171 cm³/mol. The molecule has 1 saturated heterocycles. The molecule has 6 rings (SSSR count). The van der Waals surface area contributed by atoms with Crippen LogP contribution in [-0.2, 0) is 11.3 Å². The van der Waals surface area contributed by atoms with Crippen molar-refractivity contribution in [1.29, 1.82) is 0 Å². The Morgan fingerprint density at radius 2 is 1.64 bits per heavy atom. The van der Waals surface area contributed by atoms with Crippen molar-refractivity contribution in [3.63, 3.8) is 0 Å². The molecule has 2 aliphatic rings. The van der Waals surface area contributed by atoms with Gasteiger partial charge in [-0.2, -0.15) is 5.10 Å². The Kier molecular flexibility index (Phi) is 9.45. The third-order valence-corrected chi connectivity index (χ3v) is 8.96. The lowest BCUT2D eigenvalue weighted by Gasteiger charge is -2.32. The Hall–Kier alpha value is -4.24. The lowest BCUT2D eigenvalue weighted by molar-refractivity contribution is 0.0423. The quantitative estimate of drug-likeness (QED) is 0.191. The molecule has 8 nitrogen and oxygen atoms in total. The second kappa shape index (κ2) is 13.8. The largest absolute Gasteiger partial charge is 0.457 e. The van der Waals surface area contributed by atoms with Gasteiger partial charge in [-0.3, -0.25) is 14.3 Å². The maximum absolute atomic E-state index is 13.2. The number of fused-ring (bicyclic) bond motifs is 1. The number of piperidine rings is 1. The molecule has 2 amide bonds. The van der Waals surface area contributed by atoms with E-state index in [0.717, 1.165) is 48.9 Å². The van der Waals surface area contributed by atoms with E-state index in [1.807, 2.05) is 34.8 Å². The fourth-order valence-electron chi connectivity index (χ4n) is 5.87. The molecule has 0 spiro atoms. The van der Waals surface area contributed by atoms with Gasteiger partial charge in [-0.15, -0.1) is 0 Å². The van der Waals surface area contributed by atoms with Gasteiger partial charge in [0.15, 0.2) is 0 Å². The predicted octanol–water partition coefficient (Wildman–Crippen LogP) is 6.76. The van der Waals surface area contributed by atoms with Gasteiger partial charge in [0.05, 0.1) is 11.6 Å². The van der Waals surface area contributed by atoms with Crippen LogP contribution in [0.2, 0.25) is 0 Å². The molecule has 0 bridgehead atoms.